The minimum absolute atomic E-state index is 0.135. The van der Waals surface area contributed by atoms with Gasteiger partial charge in [0.25, 0.3) is 0 Å². The summed E-state index contributed by atoms with van der Waals surface area (Å²) < 4.78 is 31.8. The lowest BCUT2D eigenvalue weighted by atomic mass is 10.0. The Balaban J connectivity index is 1.51. The molecule has 1 aliphatic heterocycles. The van der Waals surface area contributed by atoms with Crippen LogP contribution in [0.25, 0.3) is 17.3 Å². The van der Waals surface area contributed by atoms with Crippen LogP contribution in [0.15, 0.2) is 48.5 Å². The van der Waals surface area contributed by atoms with Crippen molar-refractivity contribution in [3.8, 4) is 17.0 Å². The van der Waals surface area contributed by atoms with Crippen molar-refractivity contribution in [2.24, 2.45) is 0 Å². The molecule has 4 nitrogen and oxygen atoms in total. The molecule has 0 fully saturated rings. The van der Waals surface area contributed by atoms with Crippen LogP contribution in [0.1, 0.15) is 21.6 Å². The fourth-order valence-corrected chi connectivity index (χ4v) is 2.83. The molecule has 0 radical (unpaired) electrons. The Hall–Kier alpha value is -3.28. The normalized spacial score (nSPS) is 13.0. The molecule has 0 amide bonds. The van der Waals surface area contributed by atoms with Crippen LogP contribution in [0, 0.1) is 11.6 Å². The van der Waals surface area contributed by atoms with E-state index in [1.807, 2.05) is 6.07 Å². The van der Waals surface area contributed by atoms with Crippen molar-refractivity contribution in [2.45, 2.75) is 6.42 Å². The predicted molar refractivity (Wildman–Crippen MR) is 92.9 cm³/mol. The van der Waals surface area contributed by atoms with Crippen LogP contribution >= 0.6 is 0 Å². The number of fused-ring (bicyclic) bond motifs is 1. The Kier molecular flexibility index (Phi) is 4.08. The molecule has 1 aliphatic rings. The summed E-state index contributed by atoms with van der Waals surface area (Å²) in [6.45, 7) is 0.643. The van der Waals surface area contributed by atoms with Crippen LogP contribution in [0.2, 0.25) is 0 Å². The number of rotatable bonds is 4. The van der Waals surface area contributed by atoms with Gasteiger partial charge in [0.2, 0.25) is 0 Å². The number of hydrogen-bond donors (Lipinski definition) is 1. The number of aromatic amines is 1. The molecule has 130 valence electrons. The number of ether oxygens (including phenoxy) is 1. The van der Waals surface area contributed by atoms with Crippen LogP contribution in [-0.4, -0.2) is 22.6 Å². The van der Waals surface area contributed by atoms with Gasteiger partial charge in [0.15, 0.2) is 17.4 Å². The predicted octanol–water partition coefficient (Wildman–Crippen LogP) is 4.19. The molecule has 0 saturated heterocycles. The summed E-state index contributed by atoms with van der Waals surface area (Å²) in [6, 6.07) is 10.6. The number of nitrogens with one attached hydrogen (secondary N) is 1. The zero-order valence-corrected chi connectivity index (χ0v) is 13.6. The van der Waals surface area contributed by atoms with E-state index in [1.165, 1.54) is 12.1 Å². The highest BCUT2D eigenvalue weighted by atomic mass is 19.2. The van der Waals surface area contributed by atoms with Gasteiger partial charge in [0, 0.05) is 17.5 Å². The lowest BCUT2D eigenvalue weighted by molar-refractivity contribution is 0.104. The van der Waals surface area contributed by atoms with E-state index in [1.54, 1.807) is 24.3 Å². The number of allylic oxidation sites excluding steroid dienone is 1. The molecule has 26 heavy (non-hydrogen) atoms. The molecular weight excluding hydrogens is 338 g/mol. The third-order valence-corrected chi connectivity index (χ3v) is 4.20. The molecule has 4 rings (SSSR count). The number of hydrogen-bond acceptors (Lipinski definition) is 3. The largest absolute Gasteiger partial charge is 0.493 e. The van der Waals surface area contributed by atoms with Gasteiger partial charge < -0.3 is 4.74 Å². The minimum Gasteiger partial charge on any atom is -0.493 e. The number of carbonyl (C=O) groups is 1. The van der Waals surface area contributed by atoms with Crippen molar-refractivity contribution in [3.05, 3.63) is 77.0 Å². The van der Waals surface area contributed by atoms with Gasteiger partial charge in [-0.1, -0.05) is 0 Å². The quantitative estimate of drug-likeness (QED) is 0.566. The Bertz CT molecular complexity index is 1020. The second kappa shape index (κ2) is 6.55. The topological polar surface area (TPSA) is 55.0 Å². The highest BCUT2D eigenvalue weighted by Gasteiger charge is 2.14. The summed E-state index contributed by atoms with van der Waals surface area (Å²) in [5.41, 5.74) is 3.12. The van der Waals surface area contributed by atoms with Crippen molar-refractivity contribution in [1.29, 1.82) is 0 Å². The van der Waals surface area contributed by atoms with E-state index in [0.717, 1.165) is 29.9 Å². The minimum atomic E-state index is -0.932. The first-order valence-corrected chi connectivity index (χ1v) is 8.09. The fraction of sp³-hybridized carbons (Fsp3) is 0.100. The van der Waals surface area contributed by atoms with Gasteiger partial charge in [-0.3, -0.25) is 9.89 Å². The van der Waals surface area contributed by atoms with Gasteiger partial charge in [-0.25, -0.2) is 8.78 Å². The maximum atomic E-state index is 13.3. The number of halogens is 2. The molecular formula is C20H14F2N2O2. The smallest absolute Gasteiger partial charge is 0.185 e. The molecule has 0 unspecified atom stereocenters. The van der Waals surface area contributed by atoms with Gasteiger partial charge in [-0.15, -0.1) is 0 Å². The maximum Gasteiger partial charge on any atom is 0.185 e. The number of aromatic nitrogens is 2. The highest BCUT2D eigenvalue weighted by molar-refractivity contribution is 6.07. The average molecular weight is 352 g/mol. The van der Waals surface area contributed by atoms with Crippen molar-refractivity contribution in [3.63, 3.8) is 0 Å². The molecule has 6 heteroatoms. The third kappa shape index (κ3) is 3.13. The number of H-pyrrole nitrogens is 1. The lowest BCUT2D eigenvalue weighted by Gasteiger charge is -2.00. The van der Waals surface area contributed by atoms with E-state index in [9.17, 15) is 13.6 Å². The third-order valence-electron chi connectivity index (χ3n) is 4.20. The van der Waals surface area contributed by atoms with Crippen LogP contribution in [0.5, 0.6) is 5.75 Å². The van der Waals surface area contributed by atoms with Gasteiger partial charge in [0.05, 0.1) is 18.0 Å². The molecule has 0 atom stereocenters. The lowest BCUT2D eigenvalue weighted by Crippen LogP contribution is -1.95. The van der Waals surface area contributed by atoms with E-state index in [2.05, 4.69) is 10.2 Å². The Morgan fingerprint density at radius 2 is 2.00 bits per heavy atom. The zero-order valence-electron chi connectivity index (χ0n) is 13.6. The SMILES string of the molecule is O=C(/C=C/c1cc(-c2ccc(F)c(F)c2)n[nH]1)c1ccc2c(c1)CCO2. The first-order chi connectivity index (χ1) is 12.6. The van der Waals surface area contributed by atoms with Crippen LogP contribution in [0.4, 0.5) is 8.78 Å². The van der Waals surface area contributed by atoms with Crippen LogP contribution < -0.4 is 4.74 Å². The summed E-state index contributed by atoms with van der Waals surface area (Å²) >= 11 is 0. The van der Waals surface area contributed by atoms with Gasteiger partial charge in [0.1, 0.15) is 5.75 Å². The molecule has 0 spiro atoms. The fourth-order valence-electron chi connectivity index (χ4n) is 2.83. The number of benzene rings is 2. The molecule has 1 aromatic heterocycles. The summed E-state index contributed by atoms with van der Waals surface area (Å²) in [5, 5.41) is 6.82. The van der Waals surface area contributed by atoms with E-state index in [4.69, 9.17) is 4.74 Å². The number of nitrogens with zero attached hydrogens (tertiary/aromatic N) is 1. The van der Waals surface area contributed by atoms with E-state index in [0.29, 0.717) is 29.1 Å². The van der Waals surface area contributed by atoms with Gasteiger partial charge in [-0.05, 0) is 60.2 Å². The second-order valence-corrected chi connectivity index (χ2v) is 5.96. The highest BCUT2D eigenvalue weighted by Crippen LogP contribution is 2.26. The molecule has 1 N–H and O–H groups in total. The van der Waals surface area contributed by atoms with E-state index >= 15 is 0 Å². The molecule has 2 heterocycles. The zero-order chi connectivity index (χ0) is 18.1. The Labute approximate surface area is 148 Å². The molecule has 3 aromatic rings. The van der Waals surface area contributed by atoms with Crippen molar-refractivity contribution >= 4 is 11.9 Å². The number of ketones is 1. The molecule has 0 aliphatic carbocycles. The second-order valence-electron chi connectivity index (χ2n) is 5.96. The number of carbonyl (C=O) groups excluding carboxylic acids is 1. The van der Waals surface area contributed by atoms with Crippen molar-refractivity contribution < 1.29 is 18.3 Å². The molecule has 0 saturated carbocycles. The van der Waals surface area contributed by atoms with Crippen LogP contribution in [-0.2, 0) is 6.42 Å². The van der Waals surface area contributed by atoms with Gasteiger partial charge in [-0.2, -0.15) is 5.10 Å². The Morgan fingerprint density at radius 1 is 1.12 bits per heavy atom. The maximum absolute atomic E-state index is 13.3. The first-order valence-electron chi connectivity index (χ1n) is 8.09. The average Bonchev–Trinajstić information content (AvgIpc) is 3.30. The van der Waals surface area contributed by atoms with Crippen LogP contribution in [0.3, 0.4) is 0 Å². The summed E-state index contributed by atoms with van der Waals surface area (Å²) in [7, 11) is 0. The van der Waals surface area contributed by atoms with Crippen molar-refractivity contribution in [1.82, 2.24) is 10.2 Å². The van der Waals surface area contributed by atoms with Crippen molar-refractivity contribution in [2.75, 3.05) is 6.61 Å². The summed E-state index contributed by atoms with van der Waals surface area (Å²) in [5.74, 6) is -1.15. The molecule has 0 bridgehead atoms. The monoisotopic (exact) mass is 352 g/mol. The van der Waals surface area contributed by atoms with E-state index in [-0.39, 0.29) is 5.78 Å². The summed E-state index contributed by atoms with van der Waals surface area (Å²) in [4.78, 5) is 12.3. The first kappa shape index (κ1) is 16.2. The Morgan fingerprint density at radius 3 is 2.85 bits per heavy atom. The standard InChI is InChI=1S/C20H14F2N2O2/c21-16-4-1-12(10-17(16)22)18-11-15(23-24-18)3-5-19(25)13-2-6-20-14(9-13)7-8-26-20/h1-6,9-11H,7-8H2,(H,23,24)/b5-3+. The van der Waals surface area contributed by atoms with E-state index < -0.39 is 11.6 Å². The van der Waals surface area contributed by atoms with Gasteiger partial charge >= 0.3 is 0 Å². The summed E-state index contributed by atoms with van der Waals surface area (Å²) in [6.07, 6.45) is 3.85. The molecule has 2 aromatic carbocycles.